The summed E-state index contributed by atoms with van der Waals surface area (Å²) in [7, 11) is 0. The minimum absolute atomic E-state index is 0.113. The molecule has 6 nitrogen and oxygen atoms in total. The summed E-state index contributed by atoms with van der Waals surface area (Å²) in [4.78, 5) is 36.0. The molecule has 1 aromatic rings. The molecule has 0 fully saturated rings. The molecule has 0 saturated heterocycles. The molecule has 0 aliphatic rings. The van der Waals surface area contributed by atoms with Crippen molar-refractivity contribution in [3.05, 3.63) is 22.5 Å². The van der Waals surface area contributed by atoms with E-state index < -0.39 is 11.9 Å². The molecule has 6 heteroatoms. The summed E-state index contributed by atoms with van der Waals surface area (Å²) in [6.07, 6.45) is 0.541. The lowest BCUT2D eigenvalue weighted by molar-refractivity contribution is -0.136. The van der Waals surface area contributed by atoms with Crippen LogP contribution in [0.4, 0.5) is 0 Å². The second-order valence-electron chi connectivity index (χ2n) is 3.75. The molecule has 0 aliphatic carbocycles. The Labute approximate surface area is 104 Å². The number of carbonyl (C=O) groups is 3. The van der Waals surface area contributed by atoms with E-state index >= 15 is 0 Å². The maximum atomic E-state index is 11.8. The Balaban J connectivity index is 3.13. The summed E-state index contributed by atoms with van der Waals surface area (Å²) in [5, 5.41) is 8.66. The zero-order chi connectivity index (χ0) is 13.7. The molecule has 18 heavy (non-hydrogen) atoms. The van der Waals surface area contributed by atoms with Crippen molar-refractivity contribution in [3.63, 3.8) is 0 Å². The number of ether oxygens (including phenoxy) is 1. The molecule has 1 rings (SSSR count). The first kappa shape index (κ1) is 14.0. The third kappa shape index (κ3) is 2.97. The summed E-state index contributed by atoms with van der Waals surface area (Å²) in [5.74, 6) is -1.53. The number of H-pyrrole nitrogens is 1. The van der Waals surface area contributed by atoms with Crippen LogP contribution in [0.25, 0.3) is 0 Å². The van der Waals surface area contributed by atoms with Crippen molar-refractivity contribution in [1.82, 2.24) is 4.98 Å². The van der Waals surface area contributed by atoms with Crippen LogP contribution in [-0.4, -0.2) is 34.9 Å². The van der Waals surface area contributed by atoms with Gasteiger partial charge in [-0.15, -0.1) is 0 Å². The molecule has 98 valence electrons. The monoisotopic (exact) mass is 253 g/mol. The third-order valence-corrected chi connectivity index (χ3v) is 2.51. The van der Waals surface area contributed by atoms with E-state index in [0.717, 1.165) is 0 Å². The van der Waals surface area contributed by atoms with E-state index in [1.807, 2.05) is 0 Å². The lowest BCUT2D eigenvalue weighted by atomic mass is 10.0. The molecule has 0 saturated carbocycles. The van der Waals surface area contributed by atoms with Crippen molar-refractivity contribution in [2.24, 2.45) is 0 Å². The summed E-state index contributed by atoms with van der Waals surface area (Å²) >= 11 is 0. The van der Waals surface area contributed by atoms with Crippen molar-refractivity contribution >= 4 is 18.2 Å². The van der Waals surface area contributed by atoms with E-state index in [4.69, 9.17) is 9.84 Å². The third-order valence-electron chi connectivity index (χ3n) is 2.51. The largest absolute Gasteiger partial charge is 0.481 e. The summed E-state index contributed by atoms with van der Waals surface area (Å²) in [5.41, 5.74) is 1.41. The smallest absolute Gasteiger partial charge is 0.340 e. The van der Waals surface area contributed by atoms with Crippen LogP contribution in [-0.2, 0) is 16.0 Å². The predicted molar refractivity (Wildman–Crippen MR) is 62.8 cm³/mol. The highest BCUT2D eigenvalue weighted by Gasteiger charge is 2.22. The van der Waals surface area contributed by atoms with Crippen molar-refractivity contribution in [2.75, 3.05) is 6.61 Å². The maximum absolute atomic E-state index is 11.8. The molecule has 0 amide bonds. The van der Waals surface area contributed by atoms with Gasteiger partial charge in [-0.05, 0) is 25.8 Å². The SMILES string of the molecule is CCOC(=O)c1c(C)[nH]c(C=O)c1CCC(=O)O. The van der Waals surface area contributed by atoms with E-state index in [2.05, 4.69) is 4.98 Å². The Hall–Kier alpha value is -2.11. The number of hydrogen-bond donors (Lipinski definition) is 2. The average molecular weight is 253 g/mol. The molecule has 0 aliphatic heterocycles. The van der Waals surface area contributed by atoms with E-state index in [1.54, 1.807) is 13.8 Å². The van der Waals surface area contributed by atoms with Crippen LogP contribution in [0.1, 0.15) is 45.4 Å². The predicted octanol–water partition coefficient (Wildman–Crippen LogP) is 1.33. The minimum Gasteiger partial charge on any atom is -0.481 e. The number of rotatable bonds is 6. The second kappa shape index (κ2) is 6.00. The minimum atomic E-state index is -0.986. The Bertz CT molecular complexity index is 475. The number of hydrogen-bond acceptors (Lipinski definition) is 4. The second-order valence-corrected chi connectivity index (χ2v) is 3.75. The van der Waals surface area contributed by atoms with Gasteiger partial charge in [-0.25, -0.2) is 4.79 Å². The molecular weight excluding hydrogens is 238 g/mol. The maximum Gasteiger partial charge on any atom is 0.340 e. The Morgan fingerprint density at radius 3 is 2.61 bits per heavy atom. The van der Waals surface area contributed by atoms with Crippen LogP contribution >= 0.6 is 0 Å². The number of carbonyl (C=O) groups excluding carboxylic acids is 2. The topological polar surface area (TPSA) is 96.5 Å². The van der Waals surface area contributed by atoms with Crippen LogP contribution in [0, 0.1) is 6.92 Å². The fourth-order valence-corrected chi connectivity index (χ4v) is 1.77. The van der Waals surface area contributed by atoms with Gasteiger partial charge in [-0.2, -0.15) is 0 Å². The van der Waals surface area contributed by atoms with Gasteiger partial charge in [0.2, 0.25) is 0 Å². The molecule has 0 bridgehead atoms. The van der Waals surface area contributed by atoms with Crippen LogP contribution in [0.15, 0.2) is 0 Å². The van der Waals surface area contributed by atoms with Gasteiger partial charge in [0.1, 0.15) is 0 Å². The molecule has 0 spiro atoms. The number of aliphatic carboxylic acids is 1. The number of aryl methyl sites for hydroxylation is 1. The normalized spacial score (nSPS) is 10.1. The van der Waals surface area contributed by atoms with E-state index in [0.29, 0.717) is 17.5 Å². The first-order valence-electron chi connectivity index (χ1n) is 5.56. The summed E-state index contributed by atoms with van der Waals surface area (Å²) in [6.45, 7) is 3.54. The number of carboxylic acids is 1. The van der Waals surface area contributed by atoms with Gasteiger partial charge in [0.05, 0.1) is 17.9 Å². The Kier molecular flexibility index (Phi) is 4.65. The number of aromatic nitrogens is 1. The molecular formula is C12H15NO5. The fraction of sp³-hybridized carbons (Fsp3) is 0.417. The van der Waals surface area contributed by atoms with Gasteiger partial charge in [0.25, 0.3) is 0 Å². The molecule has 1 aromatic heterocycles. The molecule has 1 heterocycles. The van der Waals surface area contributed by atoms with Gasteiger partial charge in [0, 0.05) is 12.1 Å². The highest BCUT2D eigenvalue weighted by Crippen LogP contribution is 2.20. The molecule has 2 N–H and O–H groups in total. The Morgan fingerprint density at radius 2 is 2.11 bits per heavy atom. The van der Waals surface area contributed by atoms with Crippen molar-refractivity contribution in [3.8, 4) is 0 Å². The number of carboxylic acid groups (broad SMARTS) is 1. The zero-order valence-corrected chi connectivity index (χ0v) is 10.3. The standard InChI is InChI=1S/C12H15NO5/c1-3-18-12(17)11-7(2)13-9(6-14)8(11)4-5-10(15)16/h6,13H,3-5H2,1-2H3,(H,15,16). The van der Waals surface area contributed by atoms with E-state index in [1.165, 1.54) is 0 Å². The molecule has 0 atom stereocenters. The summed E-state index contributed by atoms with van der Waals surface area (Å²) < 4.78 is 4.89. The van der Waals surface area contributed by atoms with Crippen molar-refractivity contribution in [1.29, 1.82) is 0 Å². The van der Waals surface area contributed by atoms with Gasteiger partial charge >= 0.3 is 11.9 Å². The van der Waals surface area contributed by atoms with E-state index in [9.17, 15) is 14.4 Å². The number of esters is 1. The van der Waals surface area contributed by atoms with Gasteiger partial charge in [-0.1, -0.05) is 0 Å². The quantitative estimate of drug-likeness (QED) is 0.589. The van der Waals surface area contributed by atoms with Crippen LogP contribution in [0.5, 0.6) is 0 Å². The molecule has 0 aromatic carbocycles. The highest BCUT2D eigenvalue weighted by atomic mass is 16.5. The number of nitrogens with one attached hydrogen (secondary N) is 1. The lowest BCUT2D eigenvalue weighted by Gasteiger charge is -2.04. The average Bonchev–Trinajstić information content (AvgIpc) is 2.63. The Morgan fingerprint density at radius 1 is 1.44 bits per heavy atom. The number of aromatic amines is 1. The number of aldehydes is 1. The van der Waals surface area contributed by atoms with Gasteiger partial charge in [-0.3, -0.25) is 9.59 Å². The molecule has 0 radical (unpaired) electrons. The van der Waals surface area contributed by atoms with Crippen molar-refractivity contribution in [2.45, 2.75) is 26.7 Å². The first-order valence-corrected chi connectivity index (χ1v) is 5.56. The summed E-state index contributed by atoms with van der Waals surface area (Å²) in [6, 6.07) is 0. The van der Waals surface area contributed by atoms with Crippen LogP contribution in [0.2, 0.25) is 0 Å². The lowest BCUT2D eigenvalue weighted by Crippen LogP contribution is -2.09. The van der Waals surface area contributed by atoms with Gasteiger partial charge < -0.3 is 14.8 Å². The van der Waals surface area contributed by atoms with Crippen LogP contribution in [0.3, 0.4) is 0 Å². The van der Waals surface area contributed by atoms with Crippen molar-refractivity contribution < 1.29 is 24.2 Å². The fourth-order valence-electron chi connectivity index (χ4n) is 1.77. The van der Waals surface area contributed by atoms with Crippen LogP contribution < -0.4 is 0 Å². The van der Waals surface area contributed by atoms with Gasteiger partial charge in [0.15, 0.2) is 6.29 Å². The zero-order valence-electron chi connectivity index (χ0n) is 10.3. The van der Waals surface area contributed by atoms with E-state index in [-0.39, 0.29) is 30.7 Å². The highest BCUT2D eigenvalue weighted by molar-refractivity contribution is 5.95. The molecule has 0 unspecified atom stereocenters. The first-order chi connectivity index (χ1) is 8.51.